The van der Waals surface area contributed by atoms with Crippen molar-refractivity contribution < 1.29 is 35.9 Å². The highest BCUT2D eigenvalue weighted by atomic mass is 19.4. The Balaban J connectivity index is 2.08. The van der Waals surface area contributed by atoms with E-state index in [-0.39, 0.29) is 34.1 Å². The van der Waals surface area contributed by atoms with Gasteiger partial charge in [-0.15, -0.1) is 0 Å². The lowest BCUT2D eigenvalue weighted by Gasteiger charge is -2.27. The third-order valence-electron chi connectivity index (χ3n) is 4.56. The van der Waals surface area contributed by atoms with Crippen LogP contribution in [0.5, 0.6) is 0 Å². The molecule has 6 nitrogen and oxygen atoms in total. The molecule has 0 bridgehead atoms. The van der Waals surface area contributed by atoms with Crippen LogP contribution in [-0.2, 0) is 9.59 Å². The normalized spacial score (nSPS) is 11.7. The molecule has 0 unspecified atom stereocenters. The molecule has 3 rings (SSSR count). The van der Waals surface area contributed by atoms with Gasteiger partial charge in [-0.1, -0.05) is 0 Å². The van der Waals surface area contributed by atoms with Crippen molar-refractivity contribution in [2.75, 3.05) is 21.3 Å². The summed E-state index contributed by atoms with van der Waals surface area (Å²) >= 11 is 0. The van der Waals surface area contributed by atoms with Crippen molar-refractivity contribution in [1.29, 1.82) is 0 Å². The second-order valence-electron chi connectivity index (χ2n) is 6.98. The average Bonchev–Trinajstić information content (AvgIpc) is 2.76. The molecule has 2 amide bonds. The molecule has 0 aromatic heterocycles. The Morgan fingerprint density at radius 1 is 0.500 bits per heavy atom. The fourth-order valence-corrected chi connectivity index (χ4v) is 3.02. The summed E-state index contributed by atoms with van der Waals surface area (Å²) in [6.07, 6.45) is -10.5. The van der Waals surface area contributed by atoms with E-state index in [1.54, 1.807) is 0 Å². The van der Waals surface area contributed by atoms with Crippen molar-refractivity contribution in [2.45, 2.75) is 12.4 Å². The number of carbonyl (C=O) groups is 2. The molecular formula is C22H16F6N4O2. The first-order valence-corrected chi connectivity index (χ1v) is 9.43. The van der Waals surface area contributed by atoms with E-state index >= 15 is 0 Å². The first kappa shape index (κ1) is 24.4. The van der Waals surface area contributed by atoms with Crippen molar-refractivity contribution in [3.8, 4) is 0 Å². The van der Waals surface area contributed by atoms with Crippen molar-refractivity contribution in [3.63, 3.8) is 0 Å². The Kier molecular flexibility index (Phi) is 6.44. The van der Waals surface area contributed by atoms with Gasteiger partial charge in [0, 0.05) is 34.1 Å². The van der Waals surface area contributed by atoms with Gasteiger partial charge in [0.1, 0.15) is 0 Å². The number of nitrogens with zero attached hydrogens (tertiary/aromatic N) is 2. The van der Waals surface area contributed by atoms with Gasteiger partial charge in [-0.25, -0.2) is 0 Å². The van der Waals surface area contributed by atoms with Crippen LogP contribution in [0.3, 0.4) is 0 Å². The molecule has 34 heavy (non-hydrogen) atoms. The largest absolute Gasteiger partial charge is 0.472 e. The fourth-order valence-electron chi connectivity index (χ4n) is 3.02. The highest BCUT2D eigenvalue weighted by Crippen LogP contribution is 2.36. The fraction of sp³-hybridized carbons (Fsp3) is 0.0909. The Labute approximate surface area is 189 Å². The van der Waals surface area contributed by atoms with Gasteiger partial charge in [-0.2, -0.15) is 26.3 Å². The quantitative estimate of drug-likeness (QED) is 0.390. The maximum atomic E-state index is 13.2. The van der Waals surface area contributed by atoms with E-state index in [2.05, 4.69) is 0 Å². The molecule has 3 aromatic rings. The van der Waals surface area contributed by atoms with Gasteiger partial charge in [-0.3, -0.25) is 19.4 Å². The van der Waals surface area contributed by atoms with Crippen LogP contribution in [0.25, 0.3) is 0 Å². The average molecular weight is 482 g/mol. The van der Waals surface area contributed by atoms with E-state index in [9.17, 15) is 35.9 Å². The summed E-state index contributed by atoms with van der Waals surface area (Å²) in [6.45, 7) is 0. The molecule has 4 N–H and O–H groups in total. The molecule has 0 spiro atoms. The molecule has 0 aliphatic carbocycles. The molecule has 0 fully saturated rings. The van der Waals surface area contributed by atoms with Crippen LogP contribution in [0, 0.1) is 0 Å². The molecule has 0 radical (unpaired) electrons. The summed E-state index contributed by atoms with van der Waals surface area (Å²) < 4.78 is 79.5. The predicted octanol–water partition coefficient (Wildman–Crippen LogP) is 5.31. The number of nitrogen functional groups attached to an aromatic ring is 2. The van der Waals surface area contributed by atoms with Gasteiger partial charge >= 0.3 is 24.2 Å². The van der Waals surface area contributed by atoms with Crippen LogP contribution < -0.4 is 21.3 Å². The molecule has 0 saturated carbocycles. The van der Waals surface area contributed by atoms with Crippen molar-refractivity contribution in [3.05, 3.63) is 72.8 Å². The minimum atomic E-state index is -5.25. The lowest BCUT2D eigenvalue weighted by Crippen LogP contribution is -2.39. The van der Waals surface area contributed by atoms with Gasteiger partial charge in [0.2, 0.25) is 0 Å². The predicted molar refractivity (Wildman–Crippen MR) is 115 cm³/mol. The maximum absolute atomic E-state index is 13.2. The molecular weight excluding hydrogens is 466 g/mol. The molecule has 3 aromatic carbocycles. The number of carbonyl (C=O) groups excluding carboxylic acids is 2. The minimum Gasteiger partial charge on any atom is -0.399 e. The van der Waals surface area contributed by atoms with Gasteiger partial charge in [0.25, 0.3) is 0 Å². The van der Waals surface area contributed by atoms with Crippen LogP contribution in [-0.4, -0.2) is 24.2 Å². The highest BCUT2D eigenvalue weighted by Gasteiger charge is 2.45. The van der Waals surface area contributed by atoms with E-state index in [4.69, 9.17) is 11.5 Å². The van der Waals surface area contributed by atoms with Crippen LogP contribution in [0.4, 0.5) is 60.5 Å². The topological polar surface area (TPSA) is 92.7 Å². The minimum absolute atomic E-state index is 0.175. The Bertz CT molecular complexity index is 1080. The lowest BCUT2D eigenvalue weighted by atomic mass is 10.1. The summed E-state index contributed by atoms with van der Waals surface area (Å²) in [5.74, 6) is -4.46. The monoisotopic (exact) mass is 482 g/mol. The second-order valence-corrected chi connectivity index (χ2v) is 6.98. The molecule has 0 saturated heterocycles. The Morgan fingerprint density at radius 2 is 0.706 bits per heavy atom. The standard InChI is InChI=1S/C22H16F6N4O2/c23-21(24,25)19(33)31(15-5-1-13(29)2-6-15)17-9-11-18(12-10-17)32(20(34)22(26,27)28)16-7-3-14(30)4-8-16/h1-12H,29-30H2. The summed E-state index contributed by atoms with van der Waals surface area (Å²) in [5, 5.41) is 0. The van der Waals surface area contributed by atoms with Crippen LogP contribution in [0.15, 0.2) is 72.8 Å². The van der Waals surface area contributed by atoms with Crippen LogP contribution >= 0.6 is 0 Å². The van der Waals surface area contributed by atoms with E-state index in [0.717, 1.165) is 24.3 Å². The zero-order valence-corrected chi connectivity index (χ0v) is 17.1. The van der Waals surface area contributed by atoms with Crippen molar-refractivity contribution in [1.82, 2.24) is 0 Å². The summed E-state index contributed by atoms with van der Waals surface area (Å²) in [7, 11) is 0. The number of halogens is 6. The molecule has 0 atom stereocenters. The molecule has 178 valence electrons. The molecule has 0 aliphatic heterocycles. The van der Waals surface area contributed by atoms with E-state index < -0.39 is 24.2 Å². The van der Waals surface area contributed by atoms with Gasteiger partial charge in [0.05, 0.1) is 0 Å². The zero-order chi connectivity index (χ0) is 25.3. The highest BCUT2D eigenvalue weighted by molar-refractivity contribution is 6.06. The number of benzene rings is 3. The van der Waals surface area contributed by atoms with E-state index in [1.807, 2.05) is 0 Å². The van der Waals surface area contributed by atoms with E-state index in [0.29, 0.717) is 9.80 Å². The number of alkyl halides is 6. The van der Waals surface area contributed by atoms with Crippen LogP contribution in [0.1, 0.15) is 0 Å². The zero-order valence-electron chi connectivity index (χ0n) is 17.1. The van der Waals surface area contributed by atoms with E-state index in [1.165, 1.54) is 48.5 Å². The first-order valence-electron chi connectivity index (χ1n) is 9.43. The summed E-state index contributed by atoms with van der Waals surface area (Å²) in [5.41, 5.74) is 10.6. The molecule has 0 heterocycles. The Hall–Kier alpha value is -4.22. The number of anilines is 6. The first-order chi connectivity index (χ1) is 15.8. The summed E-state index contributed by atoms with van der Waals surface area (Å²) in [6, 6.07) is 13.8. The third kappa shape index (κ3) is 5.22. The van der Waals surface area contributed by atoms with Crippen molar-refractivity contribution in [2.24, 2.45) is 0 Å². The van der Waals surface area contributed by atoms with Gasteiger partial charge < -0.3 is 11.5 Å². The second kappa shape index (κ2) is 8.96. The maximum Gasteiger partial charge on any atom is 0.472 e. The Morgan fingerprint density at radius 3 is 0.912 bits per heavy atom. The lowest BCUT2D eigenvalue weighted by molar-refractivity contribution is -0.169. The van der Waals surface area contributed by atoms with Crippen LogP contribution in [0.2, 0.25) is 0 Å². The molecule has 0 aliphatic rings. The summed E-state index contributed by atoms with van der Waals surface area (Å²) in [4.78, 5) is 24.9. The third-order valence-corrected chi connectivity index (χ3v) is 4.56. The number of rotatable bonds is 4. The number of nitrogens with two attached hydrogens (primary N) is 2. The van der Waals surface area contributed by atoms with Gasteiger partial charge in [-0.05, 0) is 72.8 Å². The van der Waals surface area contributed by atoms with Gasteiger partial charge in [0.15, 0.2) is 0 Å². The molecule has 12 heteroatoms. The van der Waals surface area contributed by atoms with Crippen molar-refractivity contribution >= 4 is 45.9 Å². The SMILES string of the molecule is Nc1ccc(N(C(=O)C(F)(F)F)c2ccc(N(C(=O)C(F)(F)F)c3ccc(N)cc3)cc2)cc1. The number of hydrogen-bond acceptors (Lipinski definition) is 4. The number of amides is 2. The number of hydrogen-bond donors (Lipinski definition) is 2. The smallest absolute Gasteiger partial charge is 0.399 e.